The molecular weight excluding hydrogens is 260 g/mol. The molecule has 0 aliphatic heterocycles. The summed E-state index contributed by atoms with van der Waals surface area (Å²) in [6.45, 7) is 9.55. The highest BCUT2D eigenvalue weighted by molar-refractivity contribution is 5.79. The topological polar surface area (TPSA) is 37.3 Å². The van der Waals surface area contributed by atoms with Gasteiger partial charge in [-0.25, -0.2) is 0 Å². The van der Waals surface area contributed by atoms with Gasteiger partial charge in [-0.05, 0) is 49.9 Å². The van der Waals surface area contributed by atoms with E-state index < -0.39 is 0 Å². The lowest BCUT2D eigenvalue weighted by Gasteiger charge is -2.03. The first kappa shape index (κ1) is 16.7. The lowest BCUT2D eigenvalue weighted by Crippen LogP contribution is -1.91. The number of benzene rings is 2. The van der Waals surface area contributed by atoms with E-state index in [-0.39, 0.29) is 0 Å². The number of allylic oxidation sites excluding steroid dienone is 1. The normalized spacial score (nSPS) is 9.48. The second-order valence-corrected chi connectivity index (χ2v) is 5.05. The summed E-state index contributed by atoms with van der Waals surface area (Å²) < 4.78 is 0. The van der Waals surface area contributed by atoms with Gasteiger partial charge in [0.05, 0.1) is 0 Å². The van der Waals surface area contributed by atoms with E-state index in [9.17, 15) is 9.90 Å². The Morgan fingerprint density at radius 1 is 1.10 bits per heavy atom. The van der Waals surface area contributed by atoms with Crippen LogP contribution >= 0.6 is 0 Å². The number of aldehydes is 1. The lowest BCUT2D eigenvalue weighted by atomic mass is 10.0. The molecule has 110 valence electrons. The van der Waals surface area contributed by atoms with Crippen molar-refractivity contribution in [2.45, 2.75) is 27.2 Å². The van der Waals surface area contributed by atoms with Crippen LogP contribution in [0.3, 0.4) is 0 Å². The number of phenolic OH excluding ortho intramolecular Hbond substituents is 1. The number of carbonyl (C=O) groups is 1. The average molecular weight is 282 g/mol. The van der Waals surface area contributed by atoms with Crippen molar-refractivity contribution in [1.82, 2.24) is 0 Å². The molecule has 0 aliphatic rings. The fourth-order valence-electron chi connectivity index (χ4n) is 2.22. The van der Waals surface area contributed by atoms with E-state index in [1.165, 1.54) is 5.56 Å². The van der Waals surface area contributed by atoms with Gasteiger partial charge in [0.25, 0.3) is 0 Å². The molecule has 2 heteroatoms. The summed E-state index contributed by atoms with van der Waals surface area (Å²) >= 11 is 0. The van der Waals surface area contributed by atoms with E-state index in [4.69, 9.17) is 0 Å². The van der Waals surface area contributed by atoms with Crippen molar-refractivity contribution in [1.29, 1.82) is 0 Å². The van der Waals surface area contributed by atoms with Gasteiger partial charge in [-0.1, -0.05) is 42.0 Å². The second kappa shape index (κ2) is 8.05. The molecule has 0 unspecified atom stereocenters. The molecule has 0 aromatic heterocycles. The minimum absolute atomic E-state index is 0.349. The fraction of sp³-hybridized carbons (Fsp3) is 0.211. The number of para-hydroxylation sites is 1. The lowest BCUT2D eigenvalue weighted by molar-refractivity contribution is 0.112. The van der Waals surface area contributed by atoms with Gasteiger partial charge in [-0.3, -0.25) is 4.79 Å². The second-order valence-electron chi connectivity index (χ2n) is 5.05. The SMILES string of the molecule is C=CCc1ccccc1O.Cc1cc(C)c(C=O)c(C)c1. The van der Waals surface area contributed by atoms with E-state index in [1.54, 1.807) is 12.1 Å². The van der Waals surface area contributed by atoms with Crippen LogP contribution in [-0.4, -0.2) is 11.4 Å². The van der Waals surface area contributed by atoms with Gasteiger partial charge in [0, 0.05) is 5.56 Å². The van der Waals surface area contributed by atoms with Crippen LogP contribution in [-0.2, 0) is 6.42 Å². The summed E-state index contributed by atoms with van der Waals surface area (Å²) in [6.07, 6.45) is 3.42. The van der Waals surface area contributed by atoms with Crippen molar-refractivity contribution in [2.24, 2.45) is 0 Å². The monoisotopic (exact) mass is 282 g/mol. The average Bonchev–Trinajstić information content (AvgIpc) is 2.42. The summed E-state index contributed by atoms with van der Waals surface area (Å²) in [6, 6.07) is 11.3. The van der Waals surface area contributed by atoms with Crippen molar-refractivity contribution in [2.75, 3.05) is 0 Å². The summed E-state index contributed by atoms with van der Waals surface area (Å²) in [5.74, 6) is 0.349. The van der Waals surface area contributed by atoms with E-state index in [0.29, 0.717) is 5.75 Å². The van der Waals surface area contributed by atoms with Gasteiger partial charge in [0.2, 0.25) is 0 Å². The number of aromatic hydroxyl groups is 1. The zero-order chi connectivity index (χ0) is 15.8. The quantitative estimate of drug-likeness (QED) is 0.662. The summed E-state index contributed by atoms with van der Waals surface area (Å²) in [4.78, 5) is 10.6. The zero-order valence-electron chi connectivity index (χ0n) is 12.9. The summed E-state index contributed by atoms with van der Waals surface area (Å²) in [7, 11) is 0. The molecule has 2 aromatic carbocycles. The molecule has 2 nitrogen and oxygen atoms in total. The minimum atomic E-state index is 0.349. The molecule has 0 aliphatic carbocycles. The van der Waals surface area contributed by atoms with Crippen LogP contribution in [0.15, 0.2) is 49.1 Å². The molecule has 0 atom stereocenters. The highest BCUT2D eigenvalue weighted by atomic mass is 16.3. The molecule has 0 heterocycles. The molecule has 0 amide bonds. The molecule has 2 aromatic rings. The van der Waals surface area contributed by atoms with Gasteiger partial charge >= 0.3 is 0 Å². The van der Waals surface area contributed by atoms with Crippen molar-refractivity contribution in [3.05, 3.63) is 76.9 Å². The maximum Gasteiger partial charge on any atom is 0.150 e. The van der Waals surface area contributed by atoms with Crippen LogP contribution < -0.4 is 0 Å². The Morgan fingerprint density at radius 2 is 1.67 bits per heavy atom. The van der Waals surface area contributed by atoms with E-state index >= 15 is 0 Å². The molecule has 0 spiro atoms. The maximum atomic E-state index is 10.6. The smallest absolute Gasteiger partial charge is 0.150 e. The first-order chi connectivity index (χ1) is 9.99. The molecule has 0 saturated carbocycles. The highest BCUT2D eigenvalue weighted by Crippen LogP contribution is 2.15. The molecule has 0 fully saturated rings. The van der Waals surface area contributed by atoms with Crippen molar-refractivity contribution < 1.29 is 9.90 Å². The number of phenols is 1. The van der Waals surface area contributed by atoms with Gasteiger partial charge in [0.1, 0.15) is 5.75 Å². The van der Waals surface area contributed by atoms with Crippen molar-refractivity contribution in [3.8, 4) is 5.75 Å². The molecule has 1 N–H and O–H groups in total. The largest absolute Gasteiger partial charge is 0.508 e. The number of hydrogen-bond acceptors (Lipinski definition) is 2. The van der Waals surface area contributed by atoms with Crippen LogP contribution in [0.5, 0.6) is 5.75 Å². The van der Waals surface area contributed by atoms with E-state index in [2.05, 4.69) is 6.58 Å². The van der Waals surface area contributed by atoms with E-state index in [0.717, 1.165) is 35.0 Å². The van der Waals surface area contributed by atoms with Crippen molar-refractivity contribution >= 4 is 6.29 Å². The first-order valence-corrected chi connectivity index (χ1v) is 6.90. The van der Waals surface area contributed by atoms with Crippen LogP contribution in [0.1, 0.15) is 32.6 Å². The maximum absolute atomic E-state index is 10.6. The zero-order valence-corrected chi connectivity index (χ0v) is 12.9. The third kappa shape index (κ3) is 4.92. The predicted octanol–water partition coefficient (Wildman–Crippen LogP) is 4.55. The molecule has 21 heavy (non-hydrogen) atoms. The standard InChI is InChI=1S/C10H12O.C9H10O/c1-7-4-8(2)10(6-11)9(3)5-7;1-2-5-8-6-3-4-7-9(8)10/h4-6H,1-3H3;2-4,6-7,10H,1,5H2. The fourth-order valence-corrected chi connectivity index (χ4v) is 2.22. The Morgan fingerprint density at radius 3 is 2.14 bits per heavy atom. The molecule has 0 saturated heterocycles. The van der Waals surface area contributed by atoms with Crippen LogP contribution in [0.4, 0.5) is 0 Å². The number of rotatable bonds is 3. The molecule has 0 radical (unpaired) electrons. The Bertz CT molecular complexity index is 604. The van der Waals surface area contributed by atoms with Gasteiger partial charge in [-0.15, -0.1) is 6.58 Å². The molecule has 2 rings (SSSR count). The number of aryl methyl sites for hydroxylation is 3. The minimum Gasteiger partial charge on any atom is -0.508 e. The number of carbonyl (C=O) groups excluding carboxylic acids is 1. The van der Waals surface area contributed by atoms with Crippen LogP contribution in [0.2, 0.25) is 0 Å². The molecular formula is C19H22O2. The van der Waals surface area contributed by atoms with Gasteiger partial charge < -0.3 is 5.11 Å². The van der Waals surface area contributed by atoms with E-state index in [1.807, 2.05) is 51.1 Å². The predicted molar refractivity (Wildman–Crippen MR) is 88.0 cm³/mol. The van der Waals surface area contributed by atoms with Gasteiger partial charge in [-0.2, -0.15) is 0 Å². The van der Waals surface area contributed by atoms with Gasteiger partial charge in [0.15, 0.2) is 6.29 Å². The number of hydrogen-bond donors (Lipinski definition) is 1. The van der Waals surface area contributed by atoms with Crippen LogP contribution in [0.25, 0.3) is 0 Å². The highest BCUT2D eigenvalue weighted by Gasteiger charge is 2.00. The van der Waals surface area contributed by atoms with Crippen molar-refractivity contribution in [3.63, 3.8) is 0 Å². The Labute approximate surface area is 126 Å². The summed E-state index contributed by atoms with van der Waals surface area (Å²) in [5, 5.41) is 9.19. The van der Waals surface area contributed by atoms with Crippen LogP contribution in [0, 0.1) is 20.8 Å². The Hall–Kier alpha value is -2.35. The first-order valence-electron chi connectivity index (χ1n) is 6.90. The summed E-state index contributed by atoms with van der Waals surface area (Å²) in [5.41, 5.74) is 5.11. The third-order valence-electron chi connectivity index (χ3n) is 3.21. The Kier molecular flexibility index (Phi) is 6.41. The molecule has 0 bridgehead atoms. The Balaban J connectivity index is 0.000000211. The third-order valence-corrected chi connectivity index (χ3v) is 3.21.